The molecular weight excluding hydrogens is 396 g/mol. The van der Waals surface area contributed by atoms with Gasteiger partial charge in [0.15, 0.2) is 4.80 Å². The molecule has 0 aliphatic carbocycles. The van der Waals surface area contributed by atoms with Crippen molar-refractivity contribution < 1.29 is 14.3 Å². The van der Waals surface area contributed by atoms with Crippen LogP contribution in [0.1, 0.15) is 24.2 Å². The lowest BCUT2D eigenvalue weighted by atomic mass is 10.1. The molecule has 1 aromatic heterocycles. The summed E-state index contributed by atoms with van der Waals surface area (Å²) >= 11 is 1.53. The molecule has 1 amide bonds. The van der Waals surface area contributed by atoms with Crippen LogP contribution in [0, 0.1) is 0 Å². The number of ether oxygens (including phenoxy) is 2. The highest BCUT2D eigenvalue weighted by molar-refractivity contribution is 7.17. The van der Waals surface area contributed by atoms with E-state index in [4.69, 9.17) is 9.47 Å². The molecule has 4 rings (SSSR count). The molecule has 0 saturated heterocycles. The topological polar surface area (TPSA) is 52.8 Å². The van der Waals surface area contributed by atoms with E-state index in [1.807, 2.05) is 26.0 Å². The molecule has 0 fully saturated rings. The molecule has 0 aliphatic rings. The van der Waals surface area contributed by atoms with Crippen molar-refractivity contribution in [3.05, 3.63) is 71.0 Å². The third-order valence-corrected chi connectivity index (χ3v) is 5.89. The molecule has 0 bridgehead atoms. The predicted octanol–water partition coefficient (Wildman–Crippen LogP) is 5.03. The van der Waals surface area contributed by atoms with Gasteiger partial charge in [0.2, 0.25) is 0 Å². The standard InChI is InChI=1S/C24H24N2O3S/c1-16(2)29-19-11-8-18(9-12-19)23(27)25-24-26(14-15-28-3)21-13-10-17-6-4-5-7-20(17)22(21)30-24/h4-13,16H,14-15H2,1-3H3. The molecular formula is C24H24N2O3S. The number of carbonyl (C=O) groups is 1. The summed E-state index contributed by atoms with van der Waals surface area (Å²) < 4.78 is 14.1. The van der Waals surface area contributed by atoms with E-state index in [2.05, 4.69) is 33.8 Å². The van der Waals surface area contributed by atoms with Gasteiger partial charge in [-0.15, -0.1) is 0 Å². The molecule has 6 heteroatoms. The van der Waals surface area contributed by atoms with Gasteiger partial charge in [0, 0.05) is 24.6 Å². The smallest absolute Gasteiger partial charge is 0.279 e. The lowest BCUT2D eigenvalue weighted by molar-refractivity contribution is 0.0997. The van der Waals surface area contributed by atoms with E-state index < -0.39 is 0 Å². The number of thiazole rings is 1. The SMILES string of the molecule is COCCn1c(=NC(=O)c2ccc(OC(C)C)cc2)sc2c3ccccc3ccc21. The Labute approximate surface area is 179 Å². The number of carbonyl (C=O) groups excluding carboxylic acids is 1. The van der Waals surface area contributed by atoms with Crippen molar-refractivity contribution in [2.24, 2.45) is 4.99 Å². The summed E-state index contributed by atoms with van der Waals surface area (Å²) in [5.41, 5.74) is 1.59. The fourth-order valence-corrected chi connectivity index (χ4v) is 4.57. The van der Waals surface area contributed by atoms with Crippen molar-refractivity contribution in [2.45, 2.75) is 26.5 Å². The summed E-state index contributed by atoms with van der Waals surface area (Å²) in [5.74, 6) is 0.471. The Morgan fingerprint density at radius 3 is 2.57 bits per heavy atom. The molecule has 0 saturated carbocycles. The van der Waals surface area contributed by atoms with Gasteiger partial charge in [-0.2, -0.15) is 4.99 Å². The van der Waals surface area contributed by atoms with E-state index in [0.29, 0.717) is 23.5 Å². The number of benzene rings is 3. The molecule has 0 unspecified atom stereocenters. The van der Waals surface area contributed by atoms with Gasteiger partial charge in [-0.1, -0.05) is 41.7 Å². The highest BCUT2D eigenvalue weighted by Crippen LogP contribution is 2.27. The van der Waals surface area contributed by atoms with E-state index >= 15 is 0 Å². The Bertz CT molecular complexity index is 1250. The molecule has 0 radical (unpaired) electrons. The van der Waals surface area contributed by atoms with Crippen LogP contribution in [0.4, 0.5) is 0 Å². The third-order valence-electron chi connectivity index (χ3n) is 4.76. The van der Waals surface area contributed by atoms with Gasteiger partial charge in [0.25, 0.3) is 5.91 Å². The first kappa shape index (κ1) is 20.3. The average molecular weight is 421 g/mol. The molecule has 0 atom stereocenters. The summed E-state index contributed by atoms with van der Waals surface area (Å²) in [4.78, 5) is 18.0. The number of aromatic nitrogens is 1. The summed E-state index contributed by atoms with van der Waals surface area (Å²) in [6, 6.07) is 19.6. The minimum Gasteiger partial charge on any atom is -0.491 e. The van der Waals surface area contributed by atoms with Crippen molar-refractivity contribution in [1.29, 1.82) is 0 Å². The van der Waals surface area contributed by atoms with Crippen molar-refractivity contribution in [3.8, 4) is 5.75 Å². The Morgan fingerprint density at radius 1 is 1.07 bits per heavy atom. The Hall–Kier alpha value is -2.96. The van der Waals surface area contributed by atoms with Crippen LogP contribution in [-0.4, -0.2) is 30.3 Å². The molecule has 30 heavy (non-hydrogen) atoms. The zero-order chi connectivity index (χ0) is 21.1. The highest BCUT2D eigenvalue weighted by atomic mass is 32.1. The second-order valence-corrected chi connectivity index (χ2v) is 8.25. The maximum absolute atomic E-state index is 12.9. The monoisotopic (exact) mass is 420 g/mol. The van der Waals surface area contributed by atoms with Gasteiger partial charge in [-0.05, 0) is 49.6 Å². The van der Waals surface area contributed by atoms with Crippen molar-refractivity contribution >= 4 is 38.2 Å². The quantitative estimate of drug-likeness (QED) is 0.440. The van der Waals surface area contributed by atoms with Gasteiger partial charge < -0.3 is 14.0 Å². The molecule has 0 spiro atoms. The van der Waals surface area contributed by atoms with Gasteiger partial charge >= 0.3 is 0 Å². The van der Waals surface area contributed by atoms with Gasteiger partial charge in [0.05, 0.1) is 22.9 Å². The van der Waals surface area contributed by atoms with E-state index in [0.717, 1.165) is 21.4 Å². The highest BCUT2D eigenvalue weighted by Gasteiger charge is 2.12. The van der Waals surface area contributed by atoms with Crippen molar-refractivity contribution in [1.82, 2.24) is 4.57 Å². The summed E-state index contributed by atoms with van der Waals surface area (Å²) in [6.07, 6.45) is 0.0874. The number of rotatable bonds is 6. The molecule has 0 N–H and O–H groups in total. The molecule has 4 aromatic rings. The molecule has 154 valence electrons. The lowest BCUT2D eigenvalue weighted by Crippen LogP contribution is -2.19. The van der Waals surface area contributed by atoms with Crippen LogP contribution in [0.15, 0.2) is 65.7 Å². The number of fused-ring (bicyclic) bond motifs is 3. The molecule has 3 aromatic carbocycles. The lowest BCUT2D eigenvalue weighted by Gasteiger charge is -2.09. The second-order valence-electron chi connectivity index (χ2n) is 7.27. The number of nitrogens with zero attached hydrogens (tertiary/aromatic N) is 2. The van der Waals surface area contributed by atoms with E-state index in [1.54, 1.807) is 31.4 Å². The van der Waals surface area contributed by atoms with Crippen LogP contribution in [-0.2, 0) is 11.3 Å². The van der Waals surface area contributed by atoms with E-state index in [1.165, 1.54) is 16.7 Å². The third kappa shape index (κ3) is 4.15. The number of hydrogen-bond donors (Lipinski definition) is 0. The average Bonchev–Trinajstić information content (AvgIpc) is 3.09. The maximum Gasteiger partial charge on any atom is 0.279 e. The first-order valence-electron chi connectivity index (χ1n) is 9.92. The first-order chi connectivity index (χ1) is 14.6. The van der Waals surface area contributed by atoms with E-state index in [-0.39, 0.29) is 12.0 Å². The number of amides is 1. The van der Waals surface area contributed by atoms with Crippen molar-refractivity contribution in [3.63, 3.8) is 0 Å². The maximum atomic E-state index is 12.9. The van der Waals surface area contributed by atoms with Crippen LogP contribution in [0.3, 0.4) is 0 Å². The summed E-state index contributed by atoms with van der Waals surface area (Å²) in [6.45, 7) is 5.11. The van der Waals surface area contributed by atoms with Gasteiger partial charge in [0.1, 0.15) is 5.75 Å². The minimum atomic E-state index is -0.270. The first-order valence-corrected chi connectivity index (χ1v) is 10.7. The molecule has 5 nitrogen and oxygen atoms in total. The largest absolute Gasteiger partial charge is 0.491 e. The Kier molecular flexibility index (Phi) is 5.97. The van der Waals surface area contributed by atoms with Crippen LogP contribution in [0.2, 0.25) is 0 Å². The van der Waals surface area contributed by atoms with Gasteiger partial charge in [-0.25, -0.2) is 0 Å². The molecule has 1 heterocycles. The zero-order valence-electron chi connectivity index (χ0n) is 17.3. The predicted molar refractivity (Wildman–Crippen MR) is 121 cm³/mol. The van der Waals surface area contributed by atoms with Crippen LogP contribution < -0.4 is 9.54 Å². The number of methoxy groups -OCH3 is 1. The van der Waals surface area contributed by atoms with Crippen LogP contribution >= 0.6 is 11.3 Å². The minimum absolute atomic E-state index is 0.0874. The fourth-order valence-electron chi connectivity index (χ4n) is 3.38. The molecule has 0 aliphatic heterocycles. The number of hydrogen-bond acceptors (Lipinski definition) is 4. The van der Waals surface area contributed by atoms with Crippen LogP contribution in [0.5, 0.6) is 5.75 Å². The fraction of sp³-hybridized carbons (Fsp3) is 0.250. The summed E-state index contributed by atoms with van der Waals surface area (Å²) in [5, 5.41) is 2.33. The van der Waals surface area contributed by atoms with E-state index in [9.17, 15) is 4.79 Å². The van der Waals surface area contributed by atoms with Gasteiger partial charge in [-0.3, -0.25) is 4.79 Å². The van der Waals surface area contributed by atoms with Crippen LogP contribution in [0.25, 0.3) is 21.0 Å². The Balaban J connectivity index is 1.78. The second kappa shape index (κ2) is 8.81. The summed E-state index contributed by atoms with van der Waals surface area (Å²) in [7, 11) is 1.67. The normalized spacial score (nSPS) is 12.2. The Morgan fingerprint density at radius 2 is 1.83 bits per heavy atom. The van der Waals surface area contributed by atoms with Crippen molar-refractivity contribution in [2.75, 3.05) is 13.7 Å². The zero-order valence-corrected chi connectivity index (χ0v) is 18.1.